The number of nitrogens with one attached hydrogen (secondary N) is 2. The van der Waals surface area contributed by atoms with Gasteiger partial charge in [0.2, 0.25) is 11.8 Å². The molecular formula is C16H27N3O5. The van der Waals surface area contributed by atoms with Gasteiger partial charge in [-0.2, -0.15) is 0 Å². The maximum atomic E-state index is 11.5. The van der Waals surface area contributed by atoms with Gasteiger partial charge in [0.15, 0.2) is 0 Å². The van der Waals surface area contributed by atoms with Gasteiger partial charge in [-0.05, 0) is 20.8 Å². The van der Waals surface area contributed by atoms with Crippen molar-refractivity contribution >= 4 is 23.6 Å². The van der Waals surface area contributed by atoms with E-state index < -0.39 is 6.10 Å². The zero-order chi connectivity index (χ0) is 18.9. The third kappa shape index (κ3) is 7.87. The van der Waals surface area contributed by atoms with Crippen LogP contribution in [0.5, 0.6) is 0 Å². The maximum Gasteiger partial charge on any atom is 0.253 e. The first-order valence-electron chi connectivity index (χ1n) is 7.82. The van der Waals surface area contributed by atoms with Gasteiger partial charge >= 0.3 is 0 Å². The third-order valence-electron chi connectivity index (χ3n) is 3.06. The molecule has 0 fully saturated rings. The molecular weight excluding hydrogens is 314 g/mol. The molecule has 0 aromatic rings. The van der Waals surface area contributed by atoms with Crippen LogP contribution in [0.3, 0.4) is 0 Å². The molecule has 2 atom stereocenters. The third-order valence-corrected chi connectivity index (χ3v) is 3.06. The van der Waals surface area contributed by atoms with Gasteiger partial charge in [-0.25, -0.2) is 0 Å². The number of likely N-dealkylation sites (N-methyl/N-ethyl adjacent to an activating group) is 1. The summed E-state index contributed by atoms with van der Waals surface area (Å²) in [5.74, 6) is -0.885. The van der Waals surface area contributed by atoms with E-state index in [0.29, 0.717) is 6.61 Å². The van der Waals surface area contributed by atoms with Crippen LogP contribution < -0.4 is 10.6 Å². The van der Waals surface area contributed by atoms with Crippen molar-refractivity contribution in [3.63, 3.8) is 0 Å². The Labute approximate surface area is 142 Å². The number of rotatable bonds is 6. The van der Waals surface area contributed by atoms with Crippen LogP contribution >= 0.6 is 0 Å². The van der Waals surface area contributed by atoms with Crippen LogP contribution in [-0.2, 0) is 23.9 Å². The molecule has 8 nitrogen and oxygen atoms in total. The summed E-state index contributed by atoms with van der Waals surface area (Å²) in [6.07, 6.45) is 1.62. The van der Waals surface area contributed by atoms with Gasteiger partial charge in [0.05, 0.1) is 6.17 Å². The molecule has 136 valence electrons. The first-order chi connectivity index (χ1) is 11.1. The lowest BCUT2D eigenvalue weighted by atomic mass is 10.2. The van der Waals surface area contributed by atoms with Gasteiger partial charge in [-0.15, -0.1) is 0 Å². The van der Waals surface area contributed by atoms with Crippen LogP contribution in [0.15, 0.2) is 12.2 Å². The lowest BCUT2D eigenvalue weighted by molar-refractivity contribution is -0.135. The fourth-order valence-corrected chi connectivity index (χ4v) is 1.55. The average Bonchev–Trinajstić information content (AvgIpc) is 2.79. The van der Waals surface area contributed by atoms with E-state index in [-0.39, 0.29) is 35.7 Å². The first-order valence-corrected chi connectivity index (χ1v) is 7.82. The van der Waals surface area contributed by atoms with E-state index in [1.165, 1.54) is 19.2 Å². The number of imide groups is 1. The predicted molar refractivity (Wildman–Crippen MR) is 88.6 cm³/mol. The number of ether oxygens (including phenoxy) is 1. The van der Waals surface area contributed by atoms with Gasteiger partial charge in [-0.1, -0.05) is 13.8 Å². The summed E-state index contributed by atoms with van der Waals surface area (Å²) >= 11 is 0. The van der Waals surface area contributed by atoms with Gasteiger partial charge in [0.1, 0.15) is 6.10 Å². The number of hydrogen-bond acceptors (Lipinski definition) is 5. The Morgan fingerprint density at radius 3 is 1.83 bits per heavy atom. The van der Waals surface area contributed by atoms with Crippen LogP contribution in [0.25, 0.3) is 0 Å². The largest absolute Gasteiger partial charge is 0.369 e. The molecule has 0 aliphatic carbocycles. The molecule has 1 rings (SSSR count). The molecule has 1 aliphatic heterocycles. The van der Waals surface area contributed by atoms with Crippen molar-refractivity contribution in [1.82, 2.24) is 15.5 Å². The number of nitrogens with zero attached hydrogens (tertiary/aromatic N) is 1. The number of carbonyl (C=O) groups excluding carboxylic acids is 4. The molecule has 0 saturated heterocycles. The molecule has 0 aromatic carbocycles. The minimum atomic E-state index is -0.497. The Hall–Kier alpha value is -2.22. The second-order valence-corrected chi connectivity index (χ2v) is 5.56. The fraction of sp³-hybridized carbons (Fsp3) is 0.625. The van der Waals surface area contributed by atoms with E-state index in [0.717, 1.165) is 4.90 Å². The van der Waals surface area contributed by atoms with E-state index in [4.69, 9.17) is 4.74 Å². The Balaban J connectivity index is 0.000000546. The molecule has 0 aromatic heterocycles. The lowest BCUT2D eigenvalue weighted by Crippen LogP contribution is -2.49. The minimum absolute atomic E-state index is 0.0862. The lowest BCUT2D eigenvalue weighted by Gasteiger charge is -2.19. The van der Waals surface area contributed by atoms with Crippen molar-refractivity contribution in [2.24, 2.45) is 5.92 Å². The summed E-state index contributed by atoms with van der Waals surface area (Å²) < 4.78 is 5.13. The molecule has 2 unspecified atom stereocenters. The van der Waals surface area contributed by atoms with Crippen molar-refractivity contribution in [2.45, 2.75) is 46.9 Å². The minimum Gasteiger partial charge on any atom is -0.369 e. The summed E-state index contributed by atoms with van der Waals surface area (Å²) in [5, 5.41) is 5.34. The smallest absolute Gasteiger partial charge is 0.253 e. The molecule has 1 aliphatic rings. The van der Waals surface area contributed by atoms with E-state index in [1.807, 2.05) is 6.92 Å². The van der Waals surface area contributed by atoms with Gasteiger partial charge < -0.3 is 15.4 Å². The SMILES string of the molecule is CCOC(C)C(=O)NC(C)NC(=O)C(C)C.CN1C(=O)C=CC1=O. The molecule has 2 N–H and O–H groups in total. The normalized spacial score (nSPS) is 15.7. The van der Waals surface area contributed by atoms with E-state index in [9.17, 15) is 19.2 Å². The zero-order valence-electron chi connectivity index (χ0n) is 15.1. The molecule has 0 bridgehead atoms. The second-order valence-electron chi connectivity index (χ2n) is 5.56. The summed E-state index contributed by atoms with van der Waals surface area (Å²) in [5.41, 5.74) is 0. The van der Waals surface area contributed by atoms with Gasteiger partial charge in [-0.3, -0.25) is 24.1 Å². The standard InChI is InChI=1S/C11H22N2O3.C5H5NO2/c1-6-16-8(4)11(15)13-9(5)12-10(14)7(2)3;1-6-4(7)2-3-5(6)8/h7-9H,6H2,1-5H3,(H,12,14)(H,13,15);2-3H,1H3. The summed E-state index contributed by atoms with van der Waals surface area (Å²) in [6, 6.07) is 0. The van der Waals surface area contributed by atoms with Crippen molar-refractivity contribution in [3.8, 4) is 0 Å². The highest BCUT2D eigenvalue weighted by Gasteiger charge is 2.17. The summed E-state index contributed by atoms with van der Waals surface area (Å²) in [6.45, 7) is 9.31. The monoisotopic (exact) mass is 341 g/mol. The molecule has 0 spiro atoms. The van der Waals surface area contributed by atoms with E-state index in [1.54, 1.807) is 27.7 Å². The number of hydrogen-bond donors (Lipinski definition) is 2. The topological polar surface area (TPSA) is 105 Å². The maximum absolute atomic E-state index is 11.5. The highest BCUT2D eigenvalue weighted by Crippen LogP contribution is 1.97. The van der Waals surface area contributed by atoms with Crippen molar-refractivity contribution in [1.29, 1.82) is 0 Å². The zero-order valence-corrected chi connectivity index (χ0v) is 15.1. The van der Waals surface area contributed by atoms with Crippen LogP contribution in [0.4, 0.5) is 0 Å². The Morgan fingerprint density at radius 1 is 1.04 bits per heavy atom. The van der Waals surface area contributed by atoms with E-state index >= 15 is 0 Å². The summed E-state index contributed by atoms with van der Waals surface area (Å²) in [4.78, 5) is 44.7. The van der Waals surface area contributed by atoms with Crippen molar-refractivity contribution in [3.05, 3.63) is 12.2 Å². The molecule has 0 saturated carbocycles. The molecule has 0 radical (unpaired) electrons. The highest BCUT2D eigenvalue weighted by molar-refractivity contribution is 6.12. The Bertz CT molecular complexity index is 484. The molecule has 1 heterocycles. The Morgan fingerprint density at radius 2 is 1.50 bits per heavy atom. The quantitative estimate of drug-likeness (QED) is 0.530. The highest BCUT2D eigenvalue weighted by atomic mass is 16.5. The summed E-state index contributed by atoms with van der Waals surface area (Å²) in [7, 11) is 1.45. The van der Waals surface area contributed by atoms with Crippen LogP contribution in [0.1, 0.15) is 34.6 Å². The van der Waals surface area contributed by atoms with Crippen LogP contribution in [0.2, 0.25) is 0 Å². The number of amides is 4. The number of carbonyl (C=O) groups is 4. The van der Waals surface area contributed by atoms with Crippen molar-refractivity contribution < 1.29 is 23.9 Å². The van der Waals surface area contributed by atoms with Gasteiger partial charge in [0, 0.05) is 31.7 Å². The molecule has 8 heteroatoms. The second kappa shape index (κ2) is 10.5. The first kappa shape index (κ1) is 21.8. The van der Waals surface area contributed by atoms with E-state index in [2.05, 4.69) is 10.6 Å². The molecule has 24 heavy (non-hydrogen) atoms. The van der Waals surface area contributed by atoms with Gasteiger partial charge in [0.25, 0.3) is 11.8 Å². The van der Waals surface area contributed by atoms with Crippen molar-refractivity contribution in [2.75, 3.05) is 13.7 Å². The van der Waals surface area contributed by atoms with Crippen LogP contribution in [0, 0.1) is 5.92 Å². The Kier molecular flexibility index (Phi) is 9.56. The predicted octanol–water partition coefficient (Wildman–Crippen LogP) is 0.187. The van der Waals surface area contributed by atoms with Crippen LogP contribution in [-0.4, -0.2) is 54.5 Å². The average molecular weight is 341 g/mol. The molecule has 4 amide bonds. The fourth-order valence-electron chi connectivity index (χ4n) is 1.55.